The van der Waals surface area contributed by atoms with E-state index in [1.807, 2.05) is 6.08 Å². The zero-order chi connectivity index (χ0) is 15.0. The Kier molecular flexibility index (Phi) is 4.26. The summed E-state index contributed by atoms with van der Waals surface area (Å²) < 4.78 is 11.0. The molecule has 0 saturated heterocycles. The Morgan fingerprint density at radius 1 is 1.19 bits per heavy atom. The van der Waals surface area contributed by atoms with Crippen molar-refractivity contribution in [1.82, 2.24) is 5.32 Å². The van der Waals surface area contributed by atoms with Crippen LogP contribution < -0.4 is 5.32 Å². The van der Waals surface area contributed by atoms with E-state index < -0.39 is 10.8 Å². The van der Waals surface area contributed by atoms with Crippen molar-refractivity contribution >= 4 is 16.7 Å². The van der Waals surface area contributed by atoms with Crippen molar-refractivity contribution in [3.8, 4) is 0 Å². The van der Waals surface area contributed by atoms with Gasteiger partial charge in [-0.15, -0.1) is 0 Å². The minimum Gasteiger partial charge on any atom is -0.352 e. The molecule has 0 radical (unpaired) electrons. The maximum atomic E-state index is 12.0. The van der Waals surface area contributed by atoms with E-state index in [9.17, 15) is 9.00 Å². The predicted octanol–water partition coefficient (Wildman–Crippen LogP) is 2.64. The van der Waals surface area contributed by atoms with Crippen LogP contribution in [0.15, 0.2) is 11.6 Å². The summed E-state index contributed by atoms with van der Waals surface area (Å²) in [6, 6.07) is 0. The Morgan fingerprint density at radius 3 is 2.19 bits per heavy atom. The lowest BCUT2D eigenvalue weighted by molar-refractivity contribution is -0.116. The second kappa shape index (κ2) is 5.86. The van der Waals surface area contributed by atoms with Crippen molar-refractivity contribution in [1.29, 1.82) is 0 Å². The molecule has 0 aromatic heterocycles. The number of rotatable bonds is 5. The lowest BCUT2D eigenvalue weighted by atomic mass is 9.48. The van der Waals surface area contributed by atoms with Crippen LogP contribution in [0, 0.1) is 23.2 Å². The number of nitrogens with one attached hydrogen (secondary N) is 1. The van der Waals surface area contributed by atoms with Crippen molar-refractivity contribution in [2.24, 2.45) is 23.2 Å². The van der Waals surface area contributed by atoms with Crippen LogP contribution in [0.5, 0.6) is 0 Å². The molecule has 4 saturated carbocycles. The molecule has 4 bridgehead atoms. The first kappa shape index (κ1) is 15.3. The summed E-state index contributed by atoms with van der Waals surface area (Å²) in [4.78, 5) is 12.0. The van der Waals surface area contributed by atoms with Gasteiger partial charge in [-0.25, -0.2) is 0 Å². The Hall–Kier alpha value is -0.640. The van der Waals surface area contributed by atoms with Crippen LogP contribution in [0.2, 0.25) is 0 Å². The van der Waals surface area contributed by atoms with E-state index in [0.29, 0.717) is 17.7 Å². The summed E-state index contributed by atoms with van der Waals surface area (Å²) in [6.45, 7) is 2.66. The molecule has 4 heteroatoms. The Morgan fingerprint density at radius 2 is 1.71 bits per heavy atom. The number of carbonyl (C=O) groups is 1. The number of carbonyl (C=O) groups excluding carboxylic acids is 1. The van der Waals surface area contributed by atoms with E-state index >= 15 is 0 Å². The molecule has 4 fully saturated rings. The molecule has 0 heterocycles. The standard InChI is InChI=1S/C17H27NO2S/c1-12(5-16(19)18-3-4-21(2)20)17-9-13-6-14(10-17)8-15(7-13)11-17/h5,13-15H,3-4,6-11H2,1-2H3,(H,18,19)/b12-5-. The van der Waals surface area contributed by atoms with Crippen LogP contribution in [0.25, 0.3) is 0 Å². The number of amides is 1. The van der Waals surface area contributed by atoms with Crippen molar-refractivity contribution in [2.75, 3.05) is 18.6 Å². The van der Waals surface area contributed by atoms with E-state index in [4.69, 9.17) is 0 Å². The van der Waals surface area contributed by atoms with Crippen molar-refractivity contribution in [3.63, 3.8) is 0 Å². The van der Waals surface area contributed by atoms with E-state index in [1.165, 1.54) is 44.1 Å². The van der Waals surface area contributed by atoms with Crippen molar-refractivity contribution < 1.29 is 9.00 Å². The molecule has 4 aliphatic carbocycles. The molecule has 0 aromatic carbocycles. The van der Waals surface area contributed by atoms with Crippen LogP contribution in [0.4, 0.5) is 0 Å². The van der Waals surface area contributed by atoms with E-state index in [1.54, 1.807) is 6.26 Å². The van der Waals surface area contributed by atoms with Gasteiger partial charge in [0.1, 0.15) is 0 Å². The maximum absolute atomic E-state index is 12.0. The van der Waals surface area contributed by atoms with Crippen molar-refractivity contribution in [3.05, 3.63) is 11.6 Å². The average molecular weight is 309 g/mol. The van der Waals surface area contributed by atoms with E-state index in [-0.39, 0.29) is 5.91 Å². The van der Waals surface area contributed by atoms with Gasteiger partial charge in [0, 0.05) is 35.4 Å². The number of hydrogen-bond acceptors (Lipinski definition) is 2. The lowest BCUT2D eigenvalue weighted by Crippen LogP contribution is -2.46. The van der Waals surface area contributed by atoms with Crippen LogP contribution in [-0.2, 0) is 15.6 Å². The largest absolute Gasteiger partial charge is 0.352 e. The van der Waals surface area contributed by atoms with Gasteiger partial charge < -0.3 is 5.32 Å². The fourth-order valence-electron chi connectivity index (χ4n) is 5.31. The fraction of sp³-hybridized carbons (Fsp3) is 0.824. The van der Waals surface area contributed by atoms with Gasteiger partial charge in [-0.05, 0) is 68.6 Å². The highest BCUT2D eigenvalue weighted by Crippen LogP contribution is 2.62. The highest BCUT2D eigenvalue weighted by atomic mass is 32.2. The second-order valence-corrected chi connectivity index (χ2v) is 9.15. The third-order valence-corrected chi connectivity index (χ3v) is 6.69. The van der Waals surface area contributed by atoms with Gasteiger partial charge in [0.2, 0.25) is 5.91 Å². The quantitative estimate of drug-likeness (QED) is 0.794. The smallest absolute Gasteiger partial charge is 0.243 e. The summed E-state index contributed by atoms with van der Waals surface area (Å²) in [5, 5.41) is 2.87. The van der Waals surface area contributed by atoms with Crippen LogP contribution in [-0.4, -0.2) is 28.7 Å². The Labute approximate surface area is 130 Å². The summed E-state index contributed by atoms with van der Waals surface area (Å²) >= 11 is 0. The first-order chi connectivity index (χ1) is 9.97. The molecule has 1 amide bonds. The SMILES string of the molecule is C/C(=C/C(=O)NCCS(C)=O)C12CC3CC(CC(C3)C1)C2. The fourth-order valence-corrected chi connectivity index (χ4v) is 5.70. The molecule has 1 N–H and O–H groups in total. The molecular weight excluding hydrogens is 282 g/mol. The first-order valence-corrected chi connectivity index (χ1v) is 9.96. The van der Waals surface area contributed by atoms with Crippen LogP contribution in [0.3, 0.4) is 0 Å². The molecular formula is C17H27NO2S. The third-order valence-electron chi connectivity index (χ3n) is 5.91. The molecule has 3 nitrogen and oxygen atoms in total. The molecule has 0 spiro atoms. The molecule has 118 valence electrons. The number of hydrogen-bond donors (Lipinski definition) is 1. The third kappa shape index (κ3) is 3.25. The summed E-state index contributed by atoms with van der Waals surface area (Å²) in [5.41, 5.74) is 1.61. The molecule has 0 aromatic rings. The van der Waals surface area contributed by atoms with Crippen LogP contribution >= 0.6 is 0 Å². The molecule has 4 aliphatic rings. The minimum atomic E-state index is -0.839. The molecule has 1 atom stereocenters. The normalized spacial score (nSPS) is 39.3. The summed E-state index contributed by atoms with van der Waals surface area (Å²) in [7, 11) is -0.839. The topological polar surface area (TPSA) is 46.2 Å². The zero-order valence-electron chi connectivity index (χ0n) is 13.2. The van der Waals surface area contributed by atoms with Gasteiger partial charge >= 0.3 is 0 Å². The maximum Gasteiger partial charge on any atom is 0.243 e. The first-order valence-electron chi connectivity index (χ1n) is 8.23. The van der Waals surface area contributed by atoms with Gasteiger partial charge in [-0.1, -0.05) is 5.57 Å². The Bertz CT molecular complexity index is 448. The highest BCUT2D eigenvalue weighted by molar-refractivity contribution is 7.84. The molecule has 1 unspecified atom stereocenters. The Balaban J connectivity index is 1.64. The summed E-state index contributed by atoms with van der Waals surface area (Å²) in [6.07, 6.45) is 11.7. The summed E-state index contributed by atoms with van der Waals surface area (Å²) in [5.74, 6) is 3.25. The monoisotopic (exact) mass is 309 g/mol. The zero-order valence-corrected chi connectivity index (χ0v) is 14.0. The lowest BCUT2D eigenvalue weighted by Gasteiger charge is -2.57. The van der Waals surface area contributed by atoms with Crippen LogP contribution in [0.1, 0.15) is 45.4 Å². The van der Waals surface area contributed by atoms with Gasteiger partial charge in [0.05, 0.1) is 0 Å². The van der Waals surface area contributed by atoms with Gasteiger partial charge in [0.15, 0.2) is 0 Å². The van der Waals surface area contributed by atoms with E-state index in [2.05, 4.69) is 12.2 Å². The predicted molar refractivity (Wildman–Crippen MR) is 86.3 cm³/mol. The van der Waals surface area contributed by atoms with Gasteiger partial charge in [-0.3, -0.25) is 9.00 Å². The van der Waals surface area contributed by atoms with Gasteiger partial charge in [0.25, 0.3) is 0 Å². The molecule has 21 heavy (non-hydrogen) atoms. The minimum absolute atomic E-state index is 0.00584. The molecule has 4 rings (SSSR count). The highest BCUT2D eigenvalue weighted by Gasteiger charge is 2.51. The average Bonchev–Trinajstić information content (AvgIpc) is 2.36. The number of allylic oxidation sites excluding steroid dienone is 1. The van der Waals surface area contributed by atoms with E-state index in [0.717, 1.165) is 17.8 Å². The molecule has 0 aliphatic heterocycles. The van der Waals surface area contributed by atoms with Gasteiger partial charge in [-0.2, -0.15) is 0 Å². The second-order valence-electron chi connectivity index (χ2n) is 7.59. The van der Waals surface area contributed by atoms with Crippen molar-refractivity contribution in [2.45, 2.75) is 45.4 Å².